The van der Waals surface area contributed by atoms with Gasteiger partial charge in [-0.3, -0.25) is 9.59 Å². The lowest BCUT2D eigenvalue weighted by Gasteiger charge is -2.11. The van der Waals surface area contributed by atoms with E-state index in [1.165, 1.54) is 11.8 Å². The Balaban J connectivity index is 3.44. The van der Waals surface area contributed by atoms with Gasteiger partial charge in [-0.15, -0.1) is 0 Å². The number of nitrogens with one attached hydrogen (secondary N) is 1. The van der Waals surface area contributed by atoms with Crippen LogP contribution in [0.15, 0.2) is 0 Å². The molecule has 0 bridgehead atoms. The van der Waals surface area contributed by atoms with Crippen molar-refractivity contribution in [3.8, 4) is 0 Å². The summed E-state index contributed by atoms with van der Waals surface area (Å²) in [5, 5.41) is 11.4. The predicted molar refractivity (Wildman–Crippen MR) is 60.4 cm³/mol. The molecule has 0 aliphatic heterocycles. The summed E-state index contributed by atoms with van der Waals surface area (Å²) in [5.41, 5.74) is 4.94. The van der Waals surface area contributed by atoms with E-state index in [2.05, 4.69) is 5.32 Å². The first-order chi connectivity index (χ1) is 7.06. The standard InChI is InChI=1S/C9H18N2O3S/c1-7(2-4-12)11-9(14)3-5-15-6-8(10)13/h7,12H,2-6H2,1H3,(H2,10,13)(H,11,14). The Kier molecular flexibility index (Phi) is 8.12. The zero-order chi connectivity index (χ0) is 11.7. The highest BCUT2D eigenvalue weighted by Gasteiger charge is 2.06. The van der Waals surface area contributed by atoms with Crippen molar-refractivity contribution in [2.24, 2.45) is 5.73 Å². The first kappa shape index (κ1) is 14.2. The lowest BCUT2D eigenvalue weighted by atomic mass is 10.2. The fourth-order valence-electron chi connectivity index (χ4n) is 0.950. The minimum absolute atomic E-state index is 0.0105. The molecular weight excluding hydrogens is 216 g/mol. The van der Waals surface area contributed by atoms with Gasteiger partial charge in [-0.05, 0) is 13.3 Å². The van der Waals surface area contributed by atoms with Crippen LogP contribution in [0.3, 0.4) is 0 Å². The number of hydrogen-bond acceptors (Lipinski definition) is 4. The zero-order valence-corrected chi connectivity index (χ0v) is 9.68. The number of primary amides is 1. The highest BCUT2D eigenvalue weighted by atomic mass is 32.2. The molecule has 88 valence electrons. The van der Waals surface area contributed by atoms with Gasteiger partial charge in [-0.25, -0.2) is 0 Å². The van der Waals surface area contributed by atoms with Crippen LogP contribution in [0.4, 0.5) is 0 Å². The molecule has 0 aliphatic carbocycles. The summed E-state index contributed by atoms with van der Waals surface area (Å²) in [6, 6.07) is -0.0105. The first-order valence-corrected chi connectivity index (χ1v) is 5.98. The van der Waals surface area contributed by atoms with Crippen molar-refractivity contribution < 1.29 is 14.7 Å². The van der Waals surface area contributed by atoms with Crippen molar-refractivity contribution in [3.63, 3.8) is 0 Å². The summed E-state index contributed by atoms with van der Waals surface area (Å²) < 4.78 is 0. The van der Waals surface area contributed by atoms with Gasteiger partial charge >= 0.3 is 0 Å². The lowest BCUT2D eigenvalue weighted by molar-refractivity contribution is -0.121. The summed E-state index contributed by atoms with van der Waals surface area (Å²) in [7, 11) is 0. The summed E-state index contributed by atoms with van der Waals surface area (Å²) in [5.74, 6) is 0.405. The molecule has 2 amide bonds. The molecule has 4 N–H and O–H groups in total. The topological polar surface area (TPSA) is 92.4 Å². The average molecular weight is 234 g/mol. The van der Waals surface area contributed by atoms with E-state index in [-0.39, 0.29) is 30.2 Å². The lowest BCUT2D eigenvalue weighted by Crippen LogP contribution is -2.33. The maximum Gasteiger partial charge on any atom is 0.227 e. The molecule has 0 aromatic heterocycles. The first-order valence-electron chi connectivity index (χ1n) is 4.82. The zero-order valence-electron chi connectivity index (χ0n) is 8.86. The molecule has 0 fully saturated rings. The van der Waals surface area contributed by atoms with Gasteiger partial charge in [0.25, 0.3) is 0 Å². The van der Waals surface area contributed by atoms with Gasteiger partial charge in [0.1, 0.15) is 0 Å². The third kappa shape index (κ3) is 9.55. The van der Waals surface area contributed by atoms with Crippen LogP contribution in [0.25, 0.3) is 0 Å². The van der Waals surface area contributed by atoms with Crippen LogP contribution < -0.4 is 11.1 Å². The molecule has 0 spiro atoms. The summed E-state index contributed by atoms with van der Waals surface area (Å²) >= 11 is 1.35. The molecule has 0 aliphatic rings. The van der Waals surface area contributed by atoms with Crippen molar-refractivity contribution in [2.45, 2.75) is 25.8 Å². The van der Waals surface area contributed by atoms with Crippen LogP contribution in [0, 0.1) is 0 Å². The number of aliphatic hydroxyl groups excluding tert-OH is 1. The van der Waals surface area contributed by atoms with E-state index in [0.717, 1.165) is 0 Å². The van der Waals surface area contributed by atoms with E-state index in [9.17, 15) is 9.59 Å². The van der Waals surface area contributed by atoms with E-state index < -0.39 is 0 Å². The molecule has 0 heterocycles. The van der Waals surface area contributed by atoms with Crippen LogP contribution in [0.2, 0.25) is 0 Å². The molecule has 0 aromatic rings. The molecule has 1 atom stereocenters. The van der Waals surface area contributed by atoms with E-state index >= 15 is 0 Å². The summed E-state index contributed by atoms with van der Waals surface area (Å²) in [6.07, 6.45) is 0.924. The maximum atomic E-state index is 11.3. The van der Waals surface area contributed by atoms with Crippen molar-refractivity contribution in [3.05, 3.63) is 0 Å². The molecule has 0 rings (SSSR count). The third-order valence-corrected chi connectivity index (χ3v) is 2.67. The Labute approximate surface area is 93.8 Å². The van der Waals surface area contributed by atoms with E-state index in [1.807, 2.05) is 6.92 Å². The van der Waals surface area contributed by atoms with Crippen LogP contribution in [-0.2, 0) is 9.59 Å². The quantitative estimate of drug-likeness (QED) is 0.493. The molecule has 5 nitrogen and oxygen atoms in total. The van der Waals surface area contributed by atoms with Gasteiger partial charge < -0.3 is 16.2 Å². The predicted octanol–water partition coefficient (Wildman–Crippen LogP) is -0.518. The number of aliphatic hydroxyl groups is 1. The molecular formula is C9H18N2O3S. The fourth-order valence-corrected chi connectivity index (χ4v) is 1.63. The second-order valence-electron chi connectivity index (χ2n) is 3.25. The summed E-state index contributed by atoms with van der Waals surface area (Å²) in [6.45, 7) is 1.91. The Morgan fingerprint density at radius 2 is 2.20 bits per heavy atom. The Morgan fingerprint density at radius 1 is 1.53 bits per heavy atom. The fraction of sp³-hybridized carbons (Fsp3) is 0.778. The number of rotatable bonds is 8. The number of hydrogen-bond donors (Lipinski definition) is 3. The van der Waals surface area contributed by atoms with Crippen LogP contribution in [0.5, 0.6) is 0 Å². The largest absolute Gasteiger partial charge is 0.396 e. The van der Waals surface area contributed by atoms with Gasteiger partial charge in [-0.2, -0.15) is 11.8 Å². The van der Waals surface area contributed by atoms with Crippen LogP contribution in [0.1, 0.15) is 19.8 Å². The van der Waals surface area contributed by atoms with Gasteiger partial charge in [0, 0.05) is 24.8 Å². The van der Waals surface area contributed by atoms with Crippen molar-refractivity contribution in [1.29, 1.82) is 0 Å². The Morgan fingerprint density at radius 3 is 2.73 bits per heavy atom. The highest BCUT2D eigenvalue weighted by Crippen LogP contribution is 2.01. The molecule has 6 heteroatoms. The smallest absolute Gasteiger partial charge is 0.227 e. The Bertz CT molecular complexity index is 212. The number of carbonyl (C=O) groups excluding carboxylic acids is 2. The molecule has 0 aromatic carbocycles. The molecule has 1 unspecified atom stereocenters. The van der Waals surface area contributed by atoms with Crippen LogP contribution in [-0.4, -0.2) is 41.1 Å². The maximum absolute atomic E-state index is 11.3. The number of amides is 2. The molecule has 15 heavy (non-hydrogen) atoms. The monoisotopic (exact) mass is 234 g/mol. The molecule has 0 radical (unpaired) electrons. The molecule has 0 saturated carbocycles. The highest BCUT2D eigenvalue weighted by molar-refractivity contribution is 7.99. The van der Waals surface area contributed by atoms with Crippen molar-refractivity contribution >= 4 is 23.6 Å². The minimum atomic E-state index is -0.367. The second kappa shape index (κ2) is 8.55. The van der Waals surface area contributed by atoms with Crippen LogP contribution >= 0.6 is 11.8 Å². The van der Waals surface area contributed by atoms with Crippen molar-refractivity contribution in [1.82, 2.24) is 5.32 Å². The third-order valence-electron chi connectivity index (χ3n) is 1.69. The van der Waals surface area contributed by atoms with Gasteiger partial charge in [-0.1, -0.05) is 0 Å². The average Bonchev–Trinajstić information content (AvgIpc) is 2.12. The normalized spacial score (nSPS) is 12.1. The van der Waals surface area contributed by atoms with Gasteiger partial charge in [0.05, 0.1) is 5.75 Å². The second-order valence-corrected chi connectivity index (χ2v) is 4.35. The van der Waals surface area contributed by atoms with E-state index in [1.54, 1.807) is 0 Å². The number of thioether (sulfide) groups is 1. The SMILES string of the molecule is CC(CCO)NC(=O)CCSCC(N)=O. The van der Waals surface area contributed by atoms with E-state index in [4.69, 9.17) is 10.8 Å². The molecule has 0 saturated heterocycles. The van der Waals surface area contributed by atoms with Gasteiger partial charge in [0.2, 0.25) is 11.8 Å². The van der Waals surface area contributed by atoms with E-state index in [0.29, 0.717) is 18.6 Å². The van der Waals surface area contributed by atoms with Crippen molar-refractivity contribution in [2.75, 3.05) is 18.1 Å². The number of carbonyl (C=O) groups is 2. The minimum Gasteiger partial charge on any atom is -0.396 e. The number of nitrogens with two attached hydrogens (primary N) is 1. The van der Waals surface area contributed by atoms with Gasteiger partial charge in [0.15, 0.2) is 0 Å². The Hall–Kier alpha value is -0.750. The summed E-state index contributed by atoms with van der Waals surface area (Å²) in [4.78, 5) is 21.6.